The fourth-order valence-corrected chi connectivity index (χ4v) is 3.82. The Morgan fingerprint density at radius 2 is 1.83 bits per heavy atom. The molecule has 6 heteroatoms. The van der Waals surface area contributed by atoms with Crippen LogP contribution in [0.3, 0.4) is 0 Å². The van der Waals surface area contributed by atoms with Gasteiger partial charge in [-0.3, -0.25) is 4.79 Å². The zero-order valence-electron chi connectivity index (χ0n) is 15.6. The number of likely N-dealkylation sites (tertiary alicyclic amines) is 1. The van der Waals surface area contributed by atoms with Gasteiger partial charge in [0, 0.05) is 26.2 Å². The van der Waals surface area contributed by atoms with Gasteiger partial charge in [-0.15, -0.1) is 24.0 Å². The van der Waals surface area contributed by atoms with Gasteiger partial charge in [-0.25, -0.2) is 4.99 Å². The first-order valence-electron chi connectivity index (χ1n) is 9.34. The Kier molecular flexibility index (Phi) is 9.37. The molecule has 0 unspecified atom stereocenters. The molecule has 0 radical (unpaired) electrons. The maximum Gasteiger partial charge on any atom is 0.244 e. The summed E-state index contributed by atoms with van der Waals surface area (Å²) in [5.74, 6) is 1.67. The summed E-state index contributed by atoms with van der Waals surface area (Å²) < 4.78 is 0. The van der Waals surface area contributed by atoms with Gasteiger partial charge in [0.2, 0.25) is 5.91 Å². The molecule has 1 saturated heterocycles. The third-order valence-electron chi connectivity index (χ3n) is 5.06. The smallest absolute Gasteiger partial charge is 0.244 e. The molecular weight excluding hydrogens is 415 g/mol. The number of nitrogens with zero attached hydrogens (tertiary/aromatic N) is 2. The van der Waals surface area contributed by atoms with Crippen LogP contribution in [0.5, 0.6) is 0 Å². The minimum absolute atomic E-state index is 0. The number of hydrogen-bond acceptors (Lipinski definition) is 2. The molecule has 1 amide bonds. The monoisotopic (exact) mass is 450 g/mol. The van der Waals surface area contributed by atoms with Crippen molar-refractivity contribution in [1.29, 1.82) is 0 Å². The number of hydrogen-bond donors (Lipinski definition) is 2. The molecule has 0 aromatic carbocycles. The van der Waals surface area contributed by atoms with Crippen LogP contribution in [0.25, 0.3) is 0 Å². The molecule has 1 aliphatic carbocycles. The fraction of sp³-hybridized carbons (Fsp3) is 0.889. The zero-order valence-corrected chi connectivity index (χ0v) is 17.9. The normalized spacial score (nSPS) is 19.7. The molecule has 5 nitrogen and oxygen atoms in total. The van der Waals surface area contributed by atoms with E-state index in [4.69, 9.17) is 0 Å². The van der Waals surface area contributed by atoms with E-state index in [9.17, 15) is 4.79 Å². The minimum atomic E-state index is 0. The molecule has 0 bridgehead atoms. The van der Waals surface area contributed by atoms with Gasteiger partial charge >= 0.3 is 0 Å². The fourth-order valence-electron chi connectivity index (χ4n) is 3.82. The van der Waals surface area contributed by atoms with E-state index in [-0.39, 0.29) is 36.4 Å². The van der Waals surface area contributed by atoms with Gasteiger partial charge in [-0.2, -0.15) is 0 Å². The highest BCUT2D eigenvalue weighted by Crippen LogP contribution is 2.45. The average molecular weight is 450 g/mol. The molecule has 140 valence electrons. The van der Waals surface area contributed by atoms with E-state index in [0.29, 0.717) is 5.41 Å². The van der Waals surface area contributed by atoms with Gasteiger partial charge in [0.25, 0.3) is 0 Å². The molecule has 1 saturated carbocycles. The van der Waals surface area contributed by atoms with Gasteiger partial charge < -0.3 is 15.5 Å². The Morgan fingerprint density at radius 1 is 1.17 bits per heavy atom. The number of guanidine groups is 1. The maximum atomic E-state index is 12.1. The zero-order chi connectivity index (χ0) is 16.7. The molecule has 0 aromatic heterocycles. The van der Waals surface area contributed by atoms with E-state index < -0.39 is 0 Å². The lowest BCUT2D eigenvalue weighted by molar-refractivity contribution is -0.128. The van der Waals surface area contributed by atoms with E-state index in [2.05, 4.69) is 36.4 Å². The topological polar surface area (TPSA) is 56.7 Å². The number of amides is 1. The third-order valence-corrected chi connectivity index (χ3v) is 5.06. The molecule has 0 atom stereocenters. The second kappa shape index (κ2) is 10.5. The Morgan fingerprint density at radius 3 is 2.33 bits per heavy atom. The van der Waals surface area contributed by atoms with Crippen molar-refractivity contribution >= 4 is 35.8 Å². The first kappa shape index (κ1) is 21.5. The maximum absolute atomic E-state index is 12.1. The van der Waals surface area contributed by atoms with Crippen molar-refractivity contribution in [2.75, 3.05) is 32.7 Å². The van der Waals surface area contributed by atoms with Gasteiger partial charge in [-0.1, -0.05) is 20.3 Å². The predicted octanol–water partition coefficient (Wildman–Crippen LogP) is 3.00. The van der Waals surface area contributed by atoms with Crippen LogP contribution < -0.4 is 10.6 Å². The van der Waals surface area contributed by atoms with Crippen molar-refractivity contribution < 1.29 is 4.79 Å². The quantitative estimate of drug-likeness (QED) is 0.356. The number of halogens is 1. The molecule has 2 fully saturated rings. The highest BCUT2D eigenvalue weighted by molar-refractivity contribution is 14.0. The van der Waals surface area contributed by atoms with Crippen molar-refractivity contribution in [2.45, 2.75) is 59.3 Å². The van der Waals surface area contributed by atoms with Crippen LogP contribution in [0, 0.1) is 11.3 Å². The Bertz CT molecular complexity index is 415. The summed E-state index contributed by atoms with van der Waals surface area (Å²) in [7, 11) is 0. The van der Waals surface area contributed by atoms with Crippen LogP contribution in [0.2, 0.25) is 0 Å². The standard InChI is InChI=1S/C18H34N4O.HI/c1-4-19-17(20-13-16(23)22-10-5-6-11-22)21-14-18(8-7-9-18)12-15(2)3;/h15H,4-14H2,1-3H3,(H2,19,20,21);1H. The van der Waals surface area contributed by atoms with E-state index in [1.807, 2.05) is 4.90 Å². The van der Waals surface area contributed by atoms with Crippen LogP contribution in [-0.2, 0) is 4.79 Å². The summed E-state index contributed by atoms with van der Waals surface area (Å²) in [5.41, 5.74) is 0.434. The van der Waals surface area contributed by atoms with Crippen LogP contribution in [0.15, 0.2) is 4.99 Å². The molecule has 0 spiro atoms. The second-order valence-corrected chi connectivity index (χ2v) is 7.59. The van der Waals surface area contributed by atoms with Gasteiger partial charge in [0.15, 0.2) is 5.96 Å². The number of carbonyl (C=O) groups excluding carboxylic acids is 1. The first-order chi connectivity index (χ1) is 11.0. The van der Waals surface area contributed by atoms with Crippen LogP contribution >= 0.6 is 24.0 Å². The van der Waals surface area contributed by atoms with Crippen molar-refractivity contribution in [3.63, 3.8) is 0 Å². The van der Waals surface area contributed by atoms with Gasteiger partial charge in [-0.05, 0) is 50.4 Å². The molecule has 2 rings (SSSR count). The van der Waals surface area contributed by atoms with Gasteiger partial charge in [0.05, 0.1) is 0 Å². The van der Waals surface area contributed by atoms with Crippen molar-refractivity contribution in [3.8, 4) is 0 Å². The minimum Gasteiger partial charge on any atom is -0.357 e. The molecule has 2 N–H and O–H groups in total. The van der Waals surface area contributed by atoms with Crippen LogP contribution in [-0.4, -0.2) is 49.5 Å². The number of aliphatic imine (C=N–C) groups is 1. The largest absolute Gasteiger partial charge is 0.357 e. The SMILES string of the molecule is CCNC(=NCC(=O)N1CCCC1)NCC1(CC(C)C)CCC1.I. The first-order valence-corrected chi connectivity index (χ1v) is 9.34. The molecule has 2 aliphatic rings. The van der Waals surface area contributed by atoms with Crippen molar-refractivity contribution in [2.24, 2.45) is 16.3 Å². The Balaban J connectivity index is 0.00000288. The van der Waals surface area contributed by atoms with Crippen LogP contribution in [0.1, 0.15) is 59.3 Å². The highest BCUT2D eigenvalue weighted by Gasteiger charge is 2.37. The summed E-state index contributed by atoms with van der Waals surface area (Å²) in [6.07, 6.45) is 7.49. The predicted molar refractivity (Wildman–Crippen MR) is 111 cm³/mol. The van der Waals surface area contributed by atoms with E-state index >= 15 is 0 Å². The van der Waals surface area contributed by atoms with E-state index in [1.54, 1.807) is 0 Å². The Hall–Kier alpha value is -0.530. The molecule has 1 aliphatic heterocycles. The van der Waals surface area contributed by atoms with Gasteiger partial charge in [0.1, 0.15) is 6.54 Å². The van der Waals surface area contributed by atoms with E-state index in [1.165, 1.54) is 25.7 Å². The number of nitrogens with one attached hydrogen (secondary N) is 2. The lowest BCUT2D eigenvalue weighted by Crippen LogP contribution is -2.47. The number of rotatable bonds is 7. The lowest BCUT2D eigenvalue weighted by atomic mass is 9.64. The lowest BCUT2D eigenvalue weighted by Gasteiger charge is -2.43. The Labute approximate surface area is 164 Å². The van der Waals surface area contributed by atoms with Crippen molar-refractivity contribution in [3.05, 3.63) is 0 Å². The number of carbonyl (C=O) groups is 1. The summed E-state index contributed by atoms with van der Waals surface area (Å²) >= 11 is 0. The molecule has 0 aromatic rings. The third kappa shape index (κ3) is 6.41. The van der Waals surface area contributed by atoms with Crippen LogP contribution in [0.4, 0.5) is 0 Å². The molecular formula is C18H35IN4O. The average Bonchev–Trinajstić information content (AvgIpc) is 3.00. The molecule has 1 heterocycles. The highest BCUT2D eigenvalue weighted by atomic mass is 127. The summed E-state index contributed by atoms with van der Waals surface area (Å²) in [6.45, 7) is 10.5. The van der Waals surface area contributed by atoms with Crippen molar-refractivity contribution in [1.82, 2.24) is 15.5 Å². The summed E-state index contributed by atoms with van der Waals surface area (Å²) in [4.78, 5) is 18.6. The van der Waals surface area contributed by atoms with E-state index in [0.717, 1.165) is 50.9 Å². The molecule has 24 heavy (non-hydrogen) atoms. The summed E-state index contributed by atoms with van der Waals surface area (Å²) in [5, 5.41) is 6.75. The second-order valence-electron chi connectivity index (χ2n) is 7.59. The summed E-state index contributed by atoms with van der Waals surface area (Å²) in [6, 6.07) is 0.